The van der Waals surface area contributed by atoms with Gasteiger partial charge in [0, 0.05) is 10.6 Å². The Labute approximate surface area is 180 Å². The summed E-state index contributed by atoms with van der Waals surface area (Å²) in [6.07, 6.45) is 1.93. The summed E-state index contributed by atoms with van der Waals surface area (Å²) < 4.78 is 0. The number of thioether (sulfide) groups is 1. The molecule has 3 N–H and O–H groups in total. The highest BCUT2D eigenvalue weighted by molar-refractivity contribution is 7.98. The molecule has 3 rings (SSSR count). The van der Waals surface area contributed by atoms with E-state index in [0.29, 0.717) is 11.3 Å². The van der Waals surface area contributed by atoms with Crippen molar-refractivity contribution < 1.29 is 14.7 Å². The number of carbonyl (C=O) groups excluding carboxylic acids is 2. The van der Waals surface area contributed by atoms with Gasteiger partial charge in [0.2, 0.25) is 0 Å². The van der Waals surface area contributed by atoms with Crippen LogP contribution in [0.15, 0.2) is 83.8 Å². The monoisotopic (exact) mass is 420 g/mol. The number of hydrogen-bond donors (Lipinski definition) is 3. The minimum Gasteiger partial charge on any atom is -0.384 e. The van der Waals surface area contributed by atoms with Gasteiger partial charge in [0.15, 0.2) is 0 Å². The second-order valence-corrected chi connectivity index (χ2v) is 7.97. The van der Waals surface area contributed by atoms with Crippen molar-refractivity contribution in [3.05, 3.63) is 84.4 Å². The van der Waals surface area contributed by atoms with Crippen LogP contribution in [0.2, 0.25) is 0 Å². The van der Waals surface area contributed by atoms with Gasteiger partial charge in [-0.15, -0.1) is 11.8 Å². The van der Waals surface area contributed by atoms with Crippen molar-refractivity contribution >= 4 is 29.3 Å². The number of amides is 2. The smallest absolute Gasteiger partial charge is 0.313 e. The highest BCUT2D eigenvalue weighted by Gasteiger charge is 2.25. The molecule has 0 aliphatic carbocycles. The highest BCUT2D eigenvalue weighted by Crippen LogP contribution is 2.25. The molecule has 0 spiro atoms. The van der Waals surface area contributed by atoms with Gasteiger partial charge >= 0.3 is 11.8 Å². The second-order valence-electron chi connectivity index (χ2n) is 7.09. The Bertz CT molecular complexity index is 1020. The third-order valence-corrected chi connectivity index (χ3v) is 5.47. The predicted octanol–water partition coefficient (Wildman–Crippen LogP) is 4.04. The third kappa shape index (κ3) is 5.49. The molecule has 154 valence electrons. The quantitative estimate of drug-likeness (QED) is 0.415. The lowest BCUT2D eigenvalue weighted by Crippen LogP contribution is -2.43. The highest BCUT2D eigenvalue weighted by atomic mass is 32.2. The van der Waals surface area contributed by atoms with Crippen LogP contribution in [-0.2, 0) is 15.2 Å². The van der Waals surface area contributed by atoms with Crippen LogP contribution in [0.3, 0.4) is 0 Å². The zero-order valence-electron chi connectivity index (χ0n) is 16.9. The molecule has 0 bridgehead atoms. The predicted molar refractivity (Wildman–Crippen MR) is 121 cm³/mol. The van der Waals surface area contributed by atoms with Gasteiger partial charge in [-0.05, 0) is 48.1 Å². The van der Waals surface area contributed by atoms with E-state index < -0.39 is 17.4 Å². The van der Waals surface area contributed by atoms with E-state index in [9.17, 15) is 14.7 Å². The number of rotatable bonds is 6. The zero-order chi connectivity index (χ0) is 21.6. The Morgan fingerprint density at radius 2 is 1.57 bits per heavy atom. The standard InChI is InChI=1S/C24H24N2O3S/c1-24(29,19-13-11-18(12-14-19)17-7-4-3-5-8-17)16-25-22(27)23(28)26-20-9-6-10-21(15-20)30-2/h3-15,29H,16H2,1-2H3,(H,25,27)(H,26,28). The minimum absolute atomic E-state index is 0.0885. The summed E-state index contributed by atoms with van der Waals surface area (Å²) in [4.78, 5) is 25.3. The molecule has 0 fully saturated rings. The average Bonchev–Trinajstić information content (AvgIpc) is 2.78. The summed E-state index contributed by atoms with van der Waals surface area (Å²) in [6.45, 7) is 1.51. The van der Waals surface area contributed by atoms with Crippen molar-refractivity contribution in [2.24, 2.45) is 0 Å². The minimum atomic E-state index is -1.32. The van der Waals surface area contributed by atoms with Gasteiger partial charge in [-0.2, -0.15) is 0 Å². The first-order valence-electron chi connectivity index (χ1n) is 9.50. The van der Waals surface area contributed by atoms with E-state index in [-0.39, 0.29) is 6.54 Å². The van der Waals surface area contributed by atoms with Gasteiger partial charge in [0.25, 0.3) is 0 Å². The molecule has 30 heavy (non-hydrogen) atoms. The Morgan fingerprint density at radius 1 is 0.900 bits per heavy atom. The largest absolute Gasteiger partial charge is 0.384 e. The van der Waals surface area contributed by atoms with E-state index in [1.54, 1.807) is 30.8 Å². The van der Waals surface area contributed by atoms with Crippen LogP contribution < -0.4 is 10.6 Å². The van der Waals surface area contributed by atoms with E-state index in [1.807, 2.05) is 73.0 Å². The lowest BCUT2D eigenvalue weighted by molar-refractivity contribution is -0.136. The molecule has 0 aromatic heterocycles. The summed E-state index contributed by atoms with van der Waals surface area (Å²) in [6, 6.07) is 24.7. The molecule has 1 atom stereocenters. The van der Waals surface area contributed by atoms with E-state index in [1.165, 1.54) is 0 Å². The summed E-state index contributed by atoms with van der Waals surface area (Å²) >= 11 is 1.54. The molecular formula is C24H24N2O3S. The number of hydrogen-bond acceptors (Lipinski definition) is 4. The summed E-state index contributed by atoms with van der Waals surface area (Å²) in [5, 5.41) is 15.9. The molecule has 0 saturated heterocycles. The average molecular weight is 421 g/mol. The first-order chi connectivity index (χ1) is 14.4. The van der Waals surface area contributed by atoms with Crippen molar-refractivity contribution in [1.82, 2.24) is 5.32 Å². The van der Waals surface area contributed by atoms with Crippen LogP contribution in [0.1, 0.15) is 12.5 Å². The molecule has 2 amide bonds. The van der Waals surface area contributed by atoms with Crippen LogP contribution in [0.25, 0.3) is 11.1 Å². The molecular weight excluding hydrogens is 396 g/mol. The summed E-state index contributed by atoms with van der Waals surface area (Å²) in [5.74, 6) is -1.57. The van der Waals surface area contributed by atoms with Crippen molar-refractivity contribution in [2.75, 3.05) is 18.1 Å². The molecule has 6 heteroatoms. The van der Waals surface area contributed by atoms with Gasteiger partial charge in [-0.3, -0.25) is 9.59 Å². The van der Waals surface area contributed by atoms with Gasteiger partial charge in [0.05, 0.1) is 6.54 Å². The summed E-state index contributed by atoms with van der Waals surface area (Å²) in [5.41, 5.74) is 2.00. The number of aliphatic hydroxyl groups is 1. The maximum Gasteiger partial charge on any atom is 0.313 e. The van der Waals surface area contributed by atoms with E-state index in [0.717, 1.165) is 16.0 Å². The SMILES string of the molecule is CSc1cccc(NC(=O)C(=O)NCC(C)(O)c2ccc(-c3ccccc3)cc2)c1. The number of carbonyl (C=O) groups is 2. The molecule has 0 heterocycles. The van der Waals surface area contributed by atoms with E-state index >= 15 is 0 Å². The Balaban J connectivity index is 1.59. The number of anilines is 1. The molecule has 0 saturated carbocycles. The zero-order valence-corrected chi connectivity index (χ0v) is 17.7. The van der Waals surface area contributed by atoms with Gasteiger partial charge in [-0.25, -0.2) is 0 Å². The topological polar surface area (TPSA) is 78.4 Å². The molecule has 0 radical (unpaired) electrons. The van der Waals surface area contributed by atoms with Crippen molar-refractivity contribution in [3.8, 4) is 11.1 Å². The van der Waals surface area contributed by atoms with Crippen molar-refractivity contribution in [3.63, 3.8) is 0 Å². The number of benzene rings is 3. The molecule has 0 aliphatic heterocycles. The fraction of sp³-hybridized carbons (Fsp3) is 0.167. The first kappa shape index (κ1) is 21.6. The maximum atomic E-state index is 12.2. The lowest BCUT2D eigenvalue weighted by atomic mass is 9.93. The van der Waals surface area contributed by atoms with Gasteiger partial charge < -0.3 is 15.7 Å². The molecule has 3 aromatic carbocycles. The third-order valence-electron chi connectivity index (χ3n) is 4.74. The first-order valence-corrected chi connectivity index (χ1v) is 10.7. The van der Waals surface area contributed by atoms with Gasteiger partial charge in [-0.1, -0.05) is 60.7 Å². The fourth-order valence-electron chi connectivity index (χ4n) is 2.98. The fourth-order valence-corrected chi connectivity index (χ4v) is 3.44. The van der Waals surface area contributed by atoms with Crippen LogP contribution in [-0.4, -0.2) is 29.7 Å². The van der Waals surface area contributed by atoms with Gasteiger partial charge in [0.1, 0.15) is 5.60 Å². The Kier molecular flexibility index (Phi) is 6.92. The lowest BCUT2D eigenvalue weighted by Gasteiger charge is -2.24. The Morgan fingerprint density at radius 3 is 2.23 bits per heavy atom. The van der Waals surface area contributed by atoms with Crippen LogP contribution >= 0.6 is 11.8 Å². The molecule has 0 aliphatic rings. The van der Waals surface area contributed by atoms with E-state index in [4.69, 9.17) is 0 Å². The molecule has 5 nitrogen and oxygen atoms in total. The van der Waals surface area contributed by atoms with E-state index in [2.05, 4.69) is 10.6 Å². The van der Waals surface area contributed by atoms with Crippen molar-refractivity contribution in [1.29, 1.82) is 0 Å². The van der Waals surface area contributed by atoms with Crippen LogP contribution in [0, 0.1) is 0 Å². The van der Waals surface area contributed by atoms with Crippen LogP contribution in [0.4, 0.5) is 5.69 Å². The van der Waals surface area contributed by atoms with Crippen molar-refractivity contribution in [2.45, 2.75) is 17.4 Å². The second kappa shape index (κ2) is 9.61. The normalized spacial score (nSPS) is 12.6. The Hall–Kier alpha value is -3.09. The maximum absolute atomic E-state index is 12.2. The molecule has 1 unspecified atom stereocenters. The summed E-state index contributed by atoms with van der Waals surface area (Å²) in [7, 11) is 0. The molecule has 3 aromatic rings. The van der Waals surface area contributed by atoms with Crippen LogP contribution in [0.5, 0.6) is 0 Å². The number of nitrogens with one attached hydrogen (secondary N) is 2.